The lowest BCUT2D eigenvalue weighted by molar-refractivity contribution is 0.0376. The summed E-state index contributed by atoms with van der Waals surface area (Å²) in [5, 5.41) is 5.05. The molecule has 36 heavy (non-hydrogen) atoms. The summed E-state index contributed by atoms with van der Waals surface area (Å²) in [6.45, 7) is 6.06. The Labute approximate surface area is 223 Å². The molecule has 5 rings (SSSR count). The molecule has 3 heterocycles. The topological polar surface area (TPSA) is 71.7 Å². The number of aryl methyl sites for hydroxylation is 1. The number of aromatic nitrogens is 2. The van der Waals surface area contributed by atoms with Crippen molar-refractivity contribution in [3.05, 3.63) is 64.6 Å². The maximum atomic E-state index is 14.4. The molecule has 7 nitrogen and oxygen atoms in total. The molecule has 1 aliphatic rings. The number of hydrogen-bond acceptors (Lipinski definition) is 7. The van der Waals surface area contributed by atoms with E-state index in [4.69, 9.17) is 20.9 Å². The number of para-hydroxylation sites is 1. The van der Waals surface area contributed by atoms with Gasteiger partial charge in [-0.05, 0) is 31.5 Å². The standard InChI is InChI=1S/C25H24ClFN4O3S.ClH/c1-16-21(22(29-34-16)17-6-2-3-7-18(17)26)24(32)31(11-5-10-30-12-14-33-15-13-30)25-28-23-19(27)8-4-9-20(23)35-25;/h2-4,6-9H,5,10-15H2,1H3;1H. The molecule has 1 saturated heterocycles. The zero-order valence-corrected chi connectivity index (χ0v) is 22.0. The number of halogens is 3. The van der Waals surface area contributed by atoms with Gasteiger partial charge in [0.05, 0.1) is 22.9 Å². The van der Waals surface area contributed by atoms with Crippen LogP contribution in [0, 0.1) is 12.7 Å². The molecule has 1 fully saturated rings. The van der Waals surface area contributed by atoms with Crippen LogP contribution >= 0.6 is 35.3 Å². The molecule has 0 spiro atoms. The third-order valence-electron chi connectivity index (χ3n) is 6.00. The van der Waals surface area contributed by atoms with Gasteiger partial charge in [-0.25, -0.2) is 9.37 Å². The van der Waals surface area contributed by atoms with Crippen LogP contribution in [0.5, 0.6) is 0 Å². The van der Waals surface area contributed by atoms with Gasteiger partial charge in [0, 0.05) is 31.7 Å². The highest BCUT2D eigenvalue weighted by Gasteiger charge is 2.30. The molecule has 1 amide bonds. The van der Waals surface area contributed by atoms with E-state index in [2.05, 4.69) is 15.0 Å². The third kappa shape index (κ3) is 5.40. The first-order valence-corrected chi connectivity index (χ1v) is 12.6. The summed E-state index contributed by atoms with van der Waals surface area (Å²) in [7, 11) is 0. The molecule has 0 radical (unpaired) electrons. The minimum absolute atomic E-state index is 0. The predicted molar refractivity (Wildman–Crippen MR) is 142 cm³/mol. The average molecular weight is 551 g/mol. The molecular formula is C25H25Cl2FN4O3S. The van der Waals surface area contributed by atoms with Gasteiger partial charge in [0.15, 0.2) is 5.13 Å². The number of rotatable bonds is 7. The quantitative estimate of drug-likeness (QED) is 0.287. The van der Waals surface area contributed by atoms with Crippen LogP contribution in [0.2, 0.25) is 5.02 Å². The summed E-state index contributed by atoms with van der Waals surface area (Å²) in [5.41, 5.74) is 1.57. The lowest BCUT2D eigenvalue weighted by atomic mass is 10.1. The molecular weight excluding hydrogens is 526 g/mol. The van der Waals surface area contributed by atoms with Crippen LogP contribution < -0.4 is 4.90 Å². The maximum Gasteiger partial charge on any atom is 0.265 e. The van der Waals surface area contributed by atoms with Crippen molar-refractivity contribution in [2.75, 3.05) is 44.3 Å². The van der Waals surface area contributed by atoms with Gasteiger partial charge in [0.25, 0.3) is 5.91 Å². The number of anilines is 1. The average Bonchev–Trinajstić information content (AvgIpc) is 3.47. The van der Waals surface area contributed by atoms with Crippen LogP contribution in [-0.4, -0.2) is 60.3 Å². The number of morpholine rings is 1. The van der Waals surface area contributed by atoms with Crippen molar-refractivity contribution in [2.45, 2.75) is 13.3 Å². The normalized spacial score (nSPS) is 14.1. The Bertz CT molecular complexity index is 1360. The van der Waals surface area contributed by atoms with E-state index in [0.29, 0.717) is 57.2 Å². The number of ether oxygens (including phenoxy) is 1. The van der Waals surface area contributed by atoms with Gasteiger partial charge in [-0.2, -0.15) is 0 Å². The van der Waals surface area contributed by atoms with E-state index in [-0.39, 0.29) is 23.8 Å². The third-order valence-corrected chi connectivity index (χ3v) is 7.37. The van der Waals surface area contributed by atoms with Gasteiger partial charge in [0.2, 0.25) is 0 Å². The summed E-state index contributed by atoms with van der Waals surface area (Å²) in [6.07, 6.45) is 0.718. The van der Waals surface area contributed by atoms with Gasteiger partial charge in [-0.1, -0.05) is 52.4 Å². The molecule has 4 aromatic rings. The number of hydrogen-bond donors (Lipinski definition) is 0. The highest BCUT2D eigenvalue weighted by Crippen LogP contribution is 2.35. The Balaban J connectivity index is 0.00000304. The molecule has 1 aliphatic heterocycles. The van der Waals surface area contributed by atoms with E-state index < -0.39 is 5.82 Å². The Morgan fingerprint density at radius 1 is 1.19 bits per heavy atom. The minimum atomic E-state index is -0.413. The van der Waals surface area contributed by atoms with Crippen molar-refractivity contribution in [3.63, 3.8) is 0 Å². The molecule has 0 bridgehead atoms. The molecule has 0 unspecified atom stereocenters. The molecule has 0 saturated carbocycles. The highest BCUT2D eigenvalue weighted by molar-refractivity contribution is 7.22. The monoisotopic (exact) mass is 550 g/mol. The molecule has 0 aliphatic carbocycles. The van der Waals surface area contributed by atoms with Crippen LogP contribution in [0.25, 0.3) is 21.5 Å². The van der Waals surface area contributed by atoms with Crippen LogP contribution in [0.3, 0.4) is 0 Å². The fourth-order valence-corrected chi connectivity index (χ4v) is 5.41. The summed E-state index contributed by atoms with van der Waals surface area (Å²) < 4.78 is 26.0. The first kappa shape index (κ1) is 26.5. The number of amides is 1. The van der Waals surface area contributed by atoms with E-state index in [1.165, 1.54) is 17.4 Å². The molecule has 0 atom stereocenters. The zero-order chi connectivity index (χ0) is 24.4. The largest absolute Gasteiger partial charge is 0.379 e. The zero-order valence-electron chi connectivity index (χ0n) is 19.6. The van der Waals surface area contributed by atoms with Crippen LogP contribution in [0.1, 0.15) is 22.5 Å². The van der Waals surface area contributed by atoms with Crippen molar-refractivity contribution < 1.29 is 18.4 Å². The van der Waals surface area contributed by atoms with Gasteiger partial charge in [0.1, 0.15) is 28.4 Å². The number of nitrogens with zero attached hydrogens (tertiary/aromatic N) is 4. The van der Waals surface area contributed by atoms with E-state index >= 15 is 0 Å². The molecule has 2 aromatic heterocycles. The number of fused-ring (bicyclic) bond motifs is 1. The maximum absolute atomic E-state index is 14.4. The number of carbonyl (C=O) groups excluding carboxylic acids is 1. The SMILES string of the molecule is Cc1onc(-c2ccccc2Cl)c1C(=O)N(CCCN1CCOCC1)c1nc2c(F)cccc2s1.Cl. The van der Waals surface area contributed by atoms with Crippen molar-refractivity contribution in [1.82, 2.24) is 15.0 Å². The van der Waals surface area contributed by atoms with Gasteiger partial charge < -0.3 is 9.26 Å². The predicted octanol–water partition coefficient (Wildman–Crippen LogP) is 5.84. The fourth-order valence-electron chi connectivity index (χ4n) is 4.18. The molecule has 0 N–H and O–H groups in total. The van der Waals surface area contributed by atoms with Gasteiger partial charge in [-0.15, -0.1) is 12.4 Å². The lowest BCUT2D eigenvalue weighted by Crippen LogP contribution is -2.39. The first-order chi connectivity index (χ1) is 17.0. The summed E-state index contributed by atoms with van der Waals surface area (Å²) in [5.74, 6) is -0.334. The van der Waals surface area contributed by atoms with Crippen molar-refractivity contribution >= 4 is 56.6 Å². The summed E-state index contributed by atoms with van der Waals surface area (Å²) in [6, 6.07) is 12.0. The second kappa shape index (κ2) is 11.7. The second-order valence-electron chi connectivity index (χ2n) is 8.29. The van der Waals surface area contributed by atoms with Crippen LogP contribution in [0.4, 0.5) is 9.52 Å². The van der Waals surface area contributed by atoms with Gasteiger partial charge in [-0.3, -0.25) is 14.6 Å². The number of thiazole rings is 1. The second-order valence-corrected chi connectivity index (χ2v) is 9.71. The molecule has 2 aromatic carbocycles. The van der Waals surface area contributed by atoms with Crippen LogP contribution in [-0.2, 0) is 4.74 Å². The van der Waals surface area contributed by atoms with Crippen molar-refractivity contribution in [1.29, 1.82) is 0 Å². The summed E-state index contributed by atoms with van der Waals surface area (Å²) in [4.78, 5) is 22.4. The Kier molecular flexibility index (Phi) is 8.58. The Hall–Kier alpha value is -2.56. The number of carbonyl (C=O) groups is 1. The lowest BCUT2D eigenvalue weighted by Gasteiger charge is -2.27. The van der Waals surface area contributed by atoms with E-state index in [1.54, 1.807) is 36.1 Å². The highest BCUT2D eigenvalue weighted by atomic mass is 35.5. The van der Waals surface area contributed by atoms with Crippen molar-refractivity contribution in [3.8, 4) is 11.3 Å². The molecule has 190 valence electrons. The number of benzene rings is 2. The first-order valence-electron chi connectivity index (χ1n) is 11.4. The van der Waals surface area contributed by atoms with E-state index in [9.17, 15) is 9.18 Å². The van der Waals surface area contributed by atoms with Crippen LogP contribution in [0.15, 0.2) is 47.0 Å². The Morgan fingerprint density at radius 2 is 1.97 bits per heavy atom. The Morgan fingerprint density at radius 3 is 2.72 bits per heavy atom. The van der Waals surface area contributed by atoms with Crippen molar-refractivity contribution in [2.24, 2.45) is 0 Å². The fraction of sp³-hybridized carbons (Fsp3) is 0.320. The van der Waals surface area contributed by atoms with E-state index in [1.807, 2.05) is 12.1 Å². The minimum Gasteiger partial charge on any atom is -0.379 e. The van der Waals surface area contributed by atoms with Gasteiger partial charge >= 0.3 is 0 Å². The summed E-state index contributed by atoms with van der Waals surface area (Å²) >= 11 is 7.69. The smallest absolute Gasteiger partial charge is 0.265 e. The molecule has 11 heteroatoms. The van der Waals surface area contributed by atoms with E-state index in [0.717, 1.165) is 26.1 Å².